The van der Waals surface area contributed by atoms with Crippen molar-refractivity contribution in [3.8, 4) is 11.3 Å². The van der Waals surface area contributed by atoms with Crippen molar-refractivity contribution < 1.29 is 0 Å². The summed E-state index contributed by atoms with van der Waals surface area (Å²) in [5.74, 6) is 0. The fourth-order valence-electron chi connectivity index (χ4n) is 1.84. The van der Waals surface area contributed by atoms with Gasteiger partial charge in [-0.15, -0.1) is 11.8 Å². The molecule has 0 radical (unpaired) electrons. The highest BCUT2D eigenvalue weighted by atomic mass is 32.2. The first-order valence-corrected chi connectivity index (χ1v) is 6.65. The van der Waals surface area contributed by atoms with Crippen LogP contribution in [0.5, 0.6) is 0 Å². The summed E-state index contributed by atoms with van der Waals surface area (Å²) in [7, 11) is 0. The molecule has 0 atom stereocenters. The molecule has 2 heteroatoms. The maximum Gasteiger partial charge on any atom is 0.0594 e. The molecule has 0 unspecified atom stereocenters. The minimum absolute atomic E-state index is 1.22. The maximum atomic E-state index is 3.44. The summed E-state index contributed by atoms with van der Waals surface area (Å²) in [5, 5.41) is 0. The van der Waals surface area contributed by atoms with Gasteiger partial charge in [-0.25, -0.2) is 0 Å². The van der Waals surface area contributed by atoms with E-state index in [1.54, 1.807) is 11.8 Å². The molecule has 1 aromatic heterocycles. The molecule has 2 aromatic rings. The second-order valence-electron chi connectivity index (χ2n) is 4.19. The number of H-pyrrole nitrogens is 1. The largest absolute Gasteiger partial charge is 0.358 e. The Kier molecular flexibility index (Phi) is 3.10. The van der Waals surface area contributed by atoms with Crippen LogP contribution >= 0.6 is 11.8 Å². The number of thioether (sulfide) groups is 1. The van der Waals surface area contributed by atoms with E-state index in [1.807, 2.05) is 0 Å². The summed E-state index contributed by atoms with van der Waals surface area (Å²) in [6, 6.07) is 8.83. The molecule has 84 valence electrons. The first kappa shape index (κ1) is 11.3. The van der Waals surface area contributed by atoms with Crippen LogP contribution in [-0.4, -0.2) is 11.2 Å². The van der Waals surface area contributed by atoms with Crippen LogP contribution in [0.2, 0.25) is 0 Å². The lowest BCUT2D eigenvalue weighted by molar-refractivity contribution is 1.25. The van der Waals surface area contributed by atoms with E-state index in [2.05, 4.69) is 56.3 Å². The Hall–Kier alpha value is -1.15. The van der Waals surface area contributed by atoms with E-state index >= 15 is 0 Å². The molecule has 0 spiro atoms. The number of aromatic nitrogens is 1. The van der Waals surface area contributed by atoms with Gasteiger partial charge in [-0.1, -0.05) is 12.1 Å². The second kappa shape index (κ2) is 4.38. The van der Waals surface area contributed by atoms with E-state index < -0.39 is 0 Å². The molecule has 0 fully saturated rings. The molecule has 0 bridgehead atoms. The zero-order valence-corrected chi connectivity index (χ0v) is 11.0. The Morgan fingerprint density at radius 3 is 2.38 bits per heavy atom. The van der Waals surface area contributed by atoms with Crippen LogP contribution in [0, 0.1) is 20.8 Å². The Morgan fingerprint density at radius 2 is 1.75 bits per heavy atom. The Balaban J connectivity index is 2.53. The Bertz CT molecular complexity index is 511. The molecule has 16 heavy (non-hydrogen) atoms. The molecule has 0 amide bonds. The van der Waals surface area contributed by atoms with Gasteiger partial charge < -0.3 is 4.98 Å². The number of aromatic amines is 1. The lowest BCUT2D eigenvalue weighted by Crippen LogP contribution is -1.85. The fraction of sp³-hybridized carbons (Fsp3) is 0.286. The molecular formula is C14H17NS. The van der Waals surface area contributed by atoms with E-state index in [4.69, 9.17) is 0 Å². The molecular weight excluding hydrogens is 214 g/mol. The summed E-state index contributed by atoms with van der Waals surface area (Å²) in [6.45, 7) is 6.41. The predicted octanol–water partition coefficient (Wildman–Crippen LogP) is 4.33. The van der Waals surface area contributed by atoms with E-state index in [-0.39, 0.29) is 0 Å². The second-order valence-corrected chi connectivity index (χ2v) is 5.04. The summed E-state index contributed by atoms with van der Waals surface area (Å²) >= 11 is 1.79. The summed E-state index contributed by atoms with van der Waals surface area (Å²) in [6.07, 6.45) is 2.12. The molecule has 0 aliphatic heterocycles. The number of hydrogen-bond acceptors (Lipinski definition) is 1. The van der Waals surface area contributed by atoms with Crippen molar-refractivity contribution in [1.82, 2.24) is 4.98 Å². The first-order valence-electron chi connectivity index (χ1n) is 5.43. The van der Waals surface area contributed by atoms with Gasteiger partial charge in [0.1, 0.15) is 0 Å². The lowest BCUT2D eigenvalue weighted by Gasteiger charge is -2.05. The molecule has 0 saturated heterocycles. The average molecular weight is 231 g/mol. The lowest BCUT2D eigenvalue weighted by atomic mass is 10.0. The van der Waals surface area contributed by atoms with Gasteiger partial charge >= 0.3 is 0 Å². The molecule has 0 saturated carbocycles. The molecule has 0 aliphatic rings. The maximum absolute atomic E-state index is 3.44. The molecule has 1 aromatic carbocycles. The van der Waals surface area contributed by atoms with Gasteiger partial charge in [0, 0.05) is 10.6 Å². The normalized spacial score (nSPS) is 10.8. The van der Waals surface area contributed by atoms with Gasteiger partial charge in [-0.3, -0.25) is 0 Å². The smallest absolute Gasteiger partial charge is 0.0594 e. The van der Waals surface area contributed by atoms with Crippen molar-refractivity contribution in [2.24, 2.45) is 0 Å². The molecule has 0 aliphatic carbocycles. The van der Waals surface area contributed by atoms with Gasteiger partial charge in [-0.05, 0) is 55.9 Å². The van der Waals surface area contributed by atoms with Crippen LogP contribution < -0.4 is 0 Å². The predicted molar refractivity (Wildman–Crippen MR) is 72.2 cm³/mol. The highest BCUT2D eigenvalue weighted by Gasteiger charge is 2.08. The SMILES string of the molecule is CSc1cc(C)[nH]c1-c1ccc(C)c(C)c1. The van der Waals surface area contributed by atoms with Crippen molar-refractivity contribution in [3.63, 3.8) is 0 Å². The Labute approximate surface area is 101 Å². The minimum Gasteiger partial charge on any atom is -0.358 e. The zero-order valence-electron chi connectivity index (χ0n) is 10.2. The third kappa shape index (κ3) is 2.03. The third-order valence-electron chi connectivity index (χ3n) is 2.93. The minimum atomic E-state index is 1.22. The van der Waals surface area contributed by atoms with Crippen molar-refractivity contribution in [2.75, 3.05) is 6.26 Å². The highest BCUT2D eigenvalue weighted by Crippen LogP contribution is 2.31. The summed E-state index contributed by atoms with van der Waals surface area (Å²) in [5.41, 5.74) is 6.43. The quantitative estimate of drug-likeness (QED) is 0.761. The third-order valence-corrected chi connectivity index (χ3v) is 3.69. The Morgan fingerprint density at radius 1 is 1.00 bits per heavy atom. The van der Waals surface area contributed by atoms with Crippen LogP contribution in [0.3, 0.4) is 0 Å². The molecule has 1 heterocycles. The highest BCUT2D eigenvalue weighted by molar-refractivity contribution is 7.98. The molecule has 2 rings (SSSR count). The van der Waals surface area contributed by atoms with Gasteiger partial charge in [0.2, 0.25) is 0 Å². The van der Waals surface area contributed by atoms with Gasteiger partial charge in [0.15, 0.2) is 0 Å². The number of rotatable bonds is 2. The van der Waals surface area contributed by atoms with Gasteiger partial charge in [-0.2, -0.15) is 0 Å². The van der Waals surface area contributed by atoms with Gasteiger partial charge in [0.05, 0.1) is 5.69 Å². The van der Waals surface area contributed by atoms with E-state index in [9.17, 15) is 0 Å². The number of benzene rings is 1. The molecule has 1 nitrogen and oxygen atoms in total. The van der Waals surface area contributed by atoms with Crippen molar-refractivity contribution in [1.29, 1.82) is 0 Å². The van der Waals surface area contributed by atoms with Crippen molar-refractivity contribution in [3.05, 3.63) is 41.1 Å². The van der Waals surface area contributed by atoms with Gasteiger partial charge in [0.25, 0.3) is 0 Å². The van der Waals surface area contributed by atoms with Crippen molar-refractivity contribution in [2.45, 2.75) is 25.7 Å². The zero-order chi connectivity index (χ0) is 11.7. The van der Waals surface area contributed by atoms with E-state index in [0.717, 1.165) is 0 Å². The summed E-state index contributed by atoms with van der Waals surface area (Å²) in [4.78, 5) is 4.76. The monoisotopic (exact) mass is 231 g/mol. The van der Waals surface area contributed by atoms with Crippen LogP contribution in [-0.2, 0) is 0 Å². The van der Waals surface area contributed by atoms with E-state index in [0.29, 0.717) is 0 Å². The summed E-state index contributed by atoms with van der Waals surface area (Å²) < 4.78 is 0. The average Bonchev–Trinajstić information content (AvgIpc) is 2.63. The van der Waals surface area contributed by atoms with E-state index in [1.165, 1.54) is 33.0 Å². The number of hydrogen-bond donors (Lipinski definition) is 1. The first-order chi connectivity index (χ1) is 7.61. The van der Waals surface area contributed by atoms with Crippen LogP contribution in [0.1, 0.15) is 16.8 Å². The molecule has 1 N–H and O–H groups in total. The number of aryl methyl sites for hydroxylation is 3. The standard InChI is InChI=1S/C14H17NS/c1-9-5-6-12(7-10(9)2)14-13(16-4)8-11(3)15-14/h5-8,15H,1-4H3. The topological polar surface area (TPSA) is 15.8 Å². The van der Waals surface area contributed by atoms with Crippen LogP contribution in [0.15, 0.2) is 29.2 Å². The van der Waals surface area contributed by atoms with Crippen molar-refractivity contribution >= 4 is 11.8 Å². The fourth-order valence-corrected chi connectivity index (χ4v) is 2.50. The number of nitrogens with one attached hydrogen (secondary N) is 1. The van der Waals surface area contributed by atoms with Crippen LogP contribution in [0.4, 0.5) is 0 Å². The van der Waals surface area contributed by atoms with Crippen LogP contribution in [0.25, 0.3) is 11.3 Å².